The third-order valence-electron chi connectivity index (χ3n) is 4.16. The van der Waals surface area contributed by atoms with Gasteiger partial charge in [-0.05, 0) is 24.7 Å². The van der Waals surface area contributed by atoms with Crippen LogP contribution in [-0.4, -0.2) is 46.6 Å². The van der Waals surface area contributed by atoms with Gasteiger partial charge >= 0.3 is 0 Å². The number of guanidine groups is 1. The molecule has 2 rings (SSSR count). The minimum absolute atomic E-state index is 0.216. The van der Waals surface area contributed by atoms with Gasteiger partial charge in [0.25, 0.3) is 0 Å². The molecule has 1 aliphatic rings. The molecule has 5 nitrogen and oxygen atoms in total. The van der Waals surface area contributed by atoms with Crippen LogP contribution in [-0.2, 0) is 0 Å². The summed E-state index contributed by atoms with van der Waals surface area (Å²) in [4.78, 5) is 11.5. The highest BCUT2D eigenvalue weighted by Gasteiger charge is 2.29. The van der Waals surface area contributed by atoms with E-state index >= 15 is 0 Å². The molecular formula is C17H31N5. The Kier molecular flexibility index (Phi) is 5.48. The summed E-state index contributed by atoms with van der Waals surface area (Å²) in [5.74, 6) is 1.71. The van der Waals surface area contributed by atoms with E-state index in [1.54, 1.807) is 0 Å². The molecule has 0 aromatic carbocycles. The largest absolute Gasteiger partial charge is 0.357 e. The second kappa shape index (κ2) is 7.16. The van der Waals surface area contributed by atoms with E-state index < -0.39 is 0 Å². The maximum Gasteiger partial charge on any atom is 0.194 e. The number of likely N-dealkylation sites (tertiary alicyclic amines) is 1. The zero-order chi connectivity index (χ0) is 16.2. The summed E-state index contributed by atoms with van der Waals surface area (Å²) in [5.41, 5.74) is 0.216. The first-order valence-corrected chi connectivity index (χ1v) is 8.41. The lowest BCUT2D eigenvalue weighted by Gasteiger charge is -2.39. The van der Waals surface area contributed by atoms with Gasteiger partial charge in [-0.3, -0.25) is 4.99 Å². The smallest absolute Gasteiger partial charge is 0.194 e. The fourth-order valence-electron chi connectivity index (χ4n) is 2.83. The molecule has 1 N–H and O–H groups in total. The summed E-state index contributed by atoms with van der Waals surface area (Å²) in [5, 5.41) is 3.46. The number of nitrogens with zero attached hydrogens (tertiary/aromatic N) is 4. The Balaban J connectivity index is 2.11. The van der Waals surface area contributed by atoms with Crippen LogP contribution in [0.4, 0.5) is 0 Å². The average Bonchev–Trinajstić information content (AvgIpc) is 2.97. The average molecular weight is 305 g/mol. The van der Waals surface area contributed by atoms with Crippen molar-refractivity contribution in [1.82, 2.24) is 19.8 Å². The molecular weight excluding hydrogens is 274 g/mol. The summed E-state index contributed by atoms with van der Waals surface area (Å²) < 4.78 is 2.24. The zero-order valence-electron chi connectivity index (χ0n) is 14.7. The topological polar surface area (TPSA) is 45.5 Å². The number of hydrogen-bond donors (Lipinski definition) is 1. The first-order valence-electron chi connectivity index (χ1n) is 8.41. The van der Waals surface area contributed by atoms with Crippen molar-refractivity contribution >= 4 is 5.96 Å². The maximum atomic E-state index is 4.86. The summed E-state index contributed by atoms with van der Waals surface area (Å²) in [7, 11) is 0. The van der Waals surface area contributed by atoms with Gasteiger partial charge in [-0.15, -0.1) is 0 Å². The molecule has 2 unspecified atom stereocenters. The molecule has 1 fully saturated rings. The Morgan fingerprint density at radius 2 is 2.18 bits per heavy atom. The lowest BCUT2D eigenvalue weighted by molar-refractivity contribution is 0.188. The van der Waals surface area contributed by atoms with E-state index in [4.69, 9.17) is 4.99 Å². The van der Waals surface area contributed by atoms with Crippen LogP contribution in [0.25, 0.3) is 0 Å². The van der Waals surface area contributed by atoms with Crippen LogP contribution in [0.5, 0.6) is 0 Å². The van der Waals surface area contributed by atoms with Crippen LogP contribution in [0.15, 0.2) is 23.7 Å². The Morgan fingerprint density at radius 3 is 2.77 bits per heavy atom. The molecule has 0 bridgehead atoms. The number of aliphatic imine (C=N–C) groups is 1. The lowest BCUT2D eigenvalue weighted by atomic mass is 9.93. The van der Waals surface area contributed by atoms with Gasteiger partial charge in [-0.2, -0.15) is 0 Å². The number of piperidine rings is 1. The summed E-state index contributed by atoms with van der Waals surface area (Å²) in [6.45, 7) is 15.0. The minimum atomic E-state index is 0.216. The van der Waals surface area contributed by atoms with E-state index in [0.717, 1.165) is 32.1 Å². The van der Waals surface area contributed by atoms with Crippen molar-refractivity contribution in [3.05, 3.63) is 18.7 Å². The van der Waals surface area contributed by atoms with Crippen LogP contribution < -0.4 is 5.32 Å². The third kappa shape index (κ3) is 4.49. The summed E-state index contributed by atoms with van der Waals surface area (Å²) in [6.07, 6.45) is 7.06. The number of aromatic nitrogens is 2. The molecule has 1 aliphatic heterocycles. The predicted octanol–water partition coefficient (Wildman–Crippen LogP) is 2.78. The van der Waals surface area contributed by atoms with Crippen LogP contribution in [0.1, 0.15) is 47.1 Å². The molecule has 2 heterocycles. The maximum absolute atomic E-state index is 4.86. The van der Waals surface area contributed by atoms with Gasteiger partial charge in [0, 0.05) is 38.6 Å². The Labute approximate surface area is 134 Å². The SMILES string of the molecule is CCNC(=NCC(C)(C)C)N1CCC(C)C(n2ccnc2)C1. The number of hydrogen-bond acceptors (Lipinski definition) is 2. The Morgan fingerprint density at radius 1 is 1.41 bits per heavy atom. The van der Waals surface area contributed by atoms with Gasteiger partial charge in [0.1, 0.15) is 0 Å². The van der Waals surface area contributed by atoms with Crippen LogP contribution in [0.3, 0.4) is 0 Å². The monoisotopic (exact) mass is 305 g/mol. The number of imidazole rings is 1. The molecule has 0 radical (unpaired) electrons. The van der Waals surface area contributed by atoms with E-state index in [0.29, 0.717) is 12.0 Å². The van der Waals surface area contributed by atoms with Crippen LogP contribution >= 0.6 is 0 Å². The van der Waals surface area contributed by atoms with E-state index in [1.165, 1.54) is 6.42 Å². The van der Waals surface area contributed by atoms with Crippen molar-refractivity contribution in [2.24, 2.45) is 16.3 Å². The molecule has 1 aromatic heterocycles. The molecule has 0 aliphatic carbocycles. The molecule has 1 aromatic rings. The fraction of sp³-hybridized carbons (Fsp3) is 0.765. The Bertz CT molecular complexity index is 472. The second-order valence-corrected chi connectivity index (χ2v) is 7.52. The van der Waals surface area contributed by atoms with E-state index in [-0.39, 0.29) is 5.41 Å². The summed E-state index contributed by atoms with van der Waals surface area (Å²) in [6, 6.07) is 0.467. The minimum Gasteiger partial charge on any atom is -0.357 e. The molecule has 1 saturated heterocycles. The van der Waals surface area contributed by atoms with E-state index in [1.807, 2.05) is 12.5 Å². The quantitative estimate of drug-likeness (QED) is 0.690. The van der Waals surface area contributed by atoms with E-state index in [9.17, 15) is 0 Å². The fourth-order valence-corrected chi connectivity index (χ4v) is 2.83. The van der Waals surface area contributed by atoms with Gasteiger partial charge < -0.3 is 14.8 Å². The third-order valence-corrected chi connectivity index (χ3v) is 4.16. The number of nitrogens with one attached hydrogen (secondary N) is 1. The standard InChI is InChI=1S/C17H31N5/c1-6-19-16(20-12-17(3,4)5)21-9-7-14(2)15(11-21)22-10-8-18-13-22/h8,10,13-15H,6-7,9,11-12H2,1-5H3,(H,19,20). The highest BCUT2D eigenvalue weighted by molar-refractivity contribution is 5.80. The molecule has 0 spiro atoms. The van der Waals surface area contributed by atoms with Crippen molar-refractivity contribution in [2.45, 2.75) is 47.1 Å². The number of rotatable bonds is 3. The highest BCUT2D eigenvalue weighted by atomic mass is 15.3. The zero-order valence-corrected chi connectivity index (χ0v) is 14.7. The molecule has 2 atom stereocenters. The predicted molar refractivity (Wildman–Crippen MR) is 92.1 cm³/mol. The van der Waals surface area contributed by atoms with Gasteiger partial charge in [0.05, 0.1) is 12.4 Å². The molecule has 0 amide bonds. The normalized spacial score (nSPS) is 23.7. The van der Waals surface area contributed by atoms with Gasteiger partial charge in [0.2, 0.25) is 0 Å². The first kappa shape index (κ1) is 16.8. The van der Waals surface area contributed by atoms with Crippen molar-refractivity contribution in [1.29, 1.82) is 0 Å². The summed E-state index contributed by atoms with van der Waals surface area (Å²) >= 11 is 0. The van der Waals surface area contributed by atoms with Gasteiger partial charge in [-0.25, -0.2) is 4.98 Å². The van der Waals surface area contributed by atoms with Crippen LogP contribution in [0.2, 0.25) is 0 Å². The van der Waals surface area contributed by atoms with E-state index in [2.05, 4.69) is 60.6 Å². The van der Waals surface area contributed by atoms with Crippen molar-refractivity contribution in [3.63, 3.8) is 0 Å². The Hall–Kier alpha value is -1.52. The molecule has 0 saturated carbocycles. The molecule has 22 heavy (non-hydrogen) atoms. The second-order valence-electron chi connectivity index (χ2n) is 7.52. The van der Waals surface area contributed by atoms with Gasteiger partial charge in [0.15, 0.2) is 5.96 Å². The van der Waals surface area contributed by atoms with Crippen molar-refractivity contribution < 1.29 is 0 Å². The highest BCUT2D eigenvalue weighted by Crippen LogP contribution is 2.27. The molecule has 5 heteroatoms. The van der Waals surface area contributed by atoms with Crippen molar-refractivity contribution in [2.75, 3.05) is 26.2 Å². The lowest BCUT2D eigenvalue weighted by Crippen LogP contribution is -2.49. The first-order chi connectivity index (χ1) is 10.4. The van der Waals surface area contributed by atoms with Crippen LogP contribution in [0, 0.1) is 11.3 Å². The molecule has 124 valence electrons. The van der Waals surface area contributed by atoms with Crippen molar-refractivity contribution in [3.8, 4) is 0 Å². The van der Waals surface area contributed by atoms with Gasteiger partial charge in [-0.1, -0.05) is 27.7 Å².